The van der Waals surface area contributed by atoms with Crippen molar-refractivity contribution >= 4 is 46.2 Å². The molecule has 0 aliphatic rings. The monoisotopic (exact) mass is 408 g/mol. The molecule has 0 amide bonds. The van der Waals surface area contributed by atoms with Gasteiger partial charge in [0.2, 0.25) is 0 Å². The van der Waals surface area contributed by atoms with Gasteiger partial charge in [0.05, 0.1) is 22.6 Å². The number of hydrogen-bond acceptors (Lipinski definition) is 6. The molecule has 2 N–H and O–H groups in total. The highest BCUT2D eigenvalue weighted by molar-refractivity contribution is 7.15. The maximum atomic E-state index is 12.1. The van der Waals surface area contributed by atoms with Crippen LogP contribution < -0.4 is 0 Å². The lowest BCUT2D eigenvalue weighted by molar-refractivity contribution is -0.137. The quantitative estimate of drug-likeness (QED) is 0.570. The van der Waals surface area contributed by atoms with Crippen LogP contribution in [0, 0.1) is 0 Å². The Morgan fingerprint density at radius 3 is 1.44 bits per heavy atom. The van der Waals surface area contributed by atoms with E-state index in [1.807, 2.05) is 26.0 Å². The first-order valence-corrected chi connectivity index (χ1v) is 9.95. The van der Waals surface area contributed by atoms with Crippen molar-refractivity contribution in [1.29, 1.82) is 0 Å². The molecule has 0 spiro atoms. The van der Waals surface area contributed by atoms with Gasteiger partial charge in [-0.1, -0.05) is 13.8 Å². The summed E-state index contributed by atoms with van der Waals surface area (Å²) in [5.74, 6) is -2.39. The van der Waals surface area contributed by atoms with Gasteiger partial charge < -0.3 is 10.2 Å². The Morgan fingerprint density at radius 1 is 0.741 bits per heavy atom. The molecular weight excluding hydrogens is 388 g/mol. The highest BCUT2D eigenvalue weighted by Crippen LogP contribution is 2.39. The Labute approximate surface area is 164 Å². The van der Waals surface area contributed by atoms with E-state index < -0.39 is 17.4 Å². The zero-order valence-corrected chi connectivity index (χ0v) is 16.6. The highest BCUT2D eigenvalue weighted by Gasteiger charge is 2.28. The van der Waals surface area contributed by atoms with Gasteiger partial charge in [0.25, 0.3) is 0 Å². The van der Waals surface area contributed by atoms with E-state index in [0.717, 1.165) is 9.75 Å². The van der Waals surface area contributed by atoms with E-state index in [2.05, 4.69) is 0 Å². The standard InChI is InChI=1S/C19H20O6S2/c1-19(2,15-7-5-13(26-15)11(20)3-9-17(22)23)16-8-6-14(27-16)12(21)4-10-18(24)25/h5-8H,3-4,9-10H2,1-2H3,(H,22,23)(H,24,25). The predicted octanol–water partition coefficient (Wildman–Crippen LogP) is 4.23. The summed E-state index contributed by atoms with van der Waals surface area (Å²) in [5.41, 5.74) is -0.425. The van der Waals surface area contributed by atoms with Crippen molar-refractivity contribution in [3.05, 3.63) is 43.8 Å². The van der Waals surface area contributed by atoms with Crippen molar-refractivity contribution in [3.63, 3.8) is 0 Å². The van der Waals surface area contributed by atoms with Crippen molar-refractivity contribution in [1.82, 2.24) is 0 Å². The second kappa shape index (κ2) is 8.58. The molecule has 0 unspecified atom stereocenters. The van der Waals surface area contributed by atoms with E-state index in [9.17, 15) is 19.2 Å². The smallest absolute Gasteiger partial charge is 0.303 e. The number of carbonyl (C=O) groups is 4. The number of carbonyl (C=O) groups excluding carboxylic acids is 2. The van der Waals surface area contributed by atoms with Crippen molar-refractivity contribution in [2.24, 2.45) is 0 Å². The molecule has 0 fully saturated rings. The van der Waals surface area contributed by atoms with Gasteiger partial charge in [0.1, 0.15) is 0 Å². The van der Waals surface area contributed by atoms with Crippen LogP contribution in [-0.2, 0) is 15.0 Å². The zero-order chi connectivity index (χ0) is 20.2. The topological polar surface area (TPSA) is 109 Å². The molecule has 8 heteroatoms. The molecule has 2 rings (SSSR count). The summed E-state index contributed by atoms with van der Waals surface area (Å²) < 4.78 is 0. The van der Waals surface area contributed by atoms with Crippen LogP contribution in [0.5, 0.6) is 0 Å². The summed E-state index contributed by atoms with van der Waals surface area (Å²) in [6.45, 7) is 3.98. The van der Waals surface area contributed by atoms with Crippen LogP contribution in [0.2, 0.25) is 0 Å². The number of carboxylic acid groups (broad SMARTS) is 2. The minimum atomic E-state index is -1.00. The fraction of sp³-hybridized carbons (Fsp3) is 0.368. The molecule has 2 aromatic rings. The van der Waals surface area contributed by atoms with Crippen LogP contribution >= 0.6 is 22.7 Å². The van der Waals surface area contributed by atoms with Crippen LogP contribution in [0.25, 0.3) is 0 Å². The Kier molecular flexibility index (Phi) is 6.67. The average Bonchev–Trinajstić information content (AvgIpc) is 3.27. The van der Waals surface area contributed by atoms with Gasteiger partial charge in [0, 0.05) is 28.0 Å². The number of hydrogen-bond donors (Lipinski definition) is 2. The van der Waals surface area contributed by atoms with Gasteiger partial charge in [-0.05, 0) is 24.3 Å². The molecule has 0 aliphatic heterocycles. The maximum absolute atomic E-state index is 12.1. The largest absolute Gasteiger partial charge is 0.481 e. The third-order valence-corrected chi connectivity index (χ3v) is 7.03. The molecule has 27 heavy (non-hydrogen) atoms. The Hall–Kier alpha value is -2.32. The summed E-state index contributed by atoms with van der Waals surface area (Å²) in [7, 11) is 0. The maximum Gasteiger partial charge on any atom is 0.303 e. The van der Waals surface area contributed by atoms with Gasteiger partial charge >= 0.3 is 11.9 Å². The number of aliphatic carboxylic acids is 2. The molecule has 6 nitrogen and oxygen atoms in total. The number of Topliss-reactive ketones (excluding diaryl/α,β-unsaturated/α-hetero) is 2. The summed E-state index contributed by atoms with van der Waals surface area (Å²) in [4.78, 5) is 48.4. The van der Waals surface area contributed by atoms with Crippen LogP contribution in [0.3, 0.4) is 0 Å². The van der Waals surface area contributed by atoms with E-state index in [1.165, 1.54) is 22.7 Å². The Morgan fingerprint density at radius 2 is 1.11 bits per heavy atom. The molecule has 0 aromatic carbocycles. The zero-order valence-electron chi connectivity index (χ0n) is 15.0. The van der Waals surface area contributed by atoms with E-state index >= 15 is 0 Å². The van der Waals surface area contributed by atoms with Gasteiger partial charge in [-0.15, -0.1) is 22.7 Å². The lowest BCUT2D eigenvalue weighted by Gasteiger charge is -2.21. The molecule has 0 radical (unpaired) electrons. The second-order valence-corrected chi connectivity index (χ2v) is 8.75. The summed E-state index contributed by atoms with van der Waals surface area (Å²) in [6.07, 6.45) is -0.446. The molecule has 0 saturated heterocycles. The molecule has 2 aromatic heterocycles. The van der Waals surface area contributed by atoms with Crippen LogP contribution in [0.1, 0.15) is 68.6 Å². The highest BCUT2D eigenvalue weighted by atomic mass is 32.1. The van der Waals surface area contributed by atoms with Gasteiger partial charge in [0.15, 0.2) is 11.6 Å². The average molecular weight is 408 g/mol. The SMILES string of the molecule is CC(C)(c1ccc(C(=O)CCC(=O)O)s1)c1ccc(C(=O)CCC(=O)O)s1. The number of thiophene rings is 2. The van der Waals surface area contributed by atoms with Gasteiger partial charge in [-0.2, -0.15) is 0 Å². The number of ketones is 2. The Balaban J connectivity index is 2.14. The lowest BCUT2D eigenvalue weighted by atomic mass is 9.89. The fourth-order valence-corrected chi connectivity index (χ4v) is 4.70. The number of carboxylic acids is 2. The minimum absolute atomic E-state index is 0.0308. The van der Waals surface area contributed by atoms with Crippen LogP contribution in [0.15, 0.2) is 24.3 Å². The molecule has 0 saturated carbocycles. The van der Waals surface area contributed by atoms with Crippen LogP contribution in [0.4, 0.5) is 0 Å². The first kappa shape index (κ1) is 21.0. The molecule has 2 heterocycles. The first-order chi connectivity index (χ1) is 12.6. The third-order valence-electron chi connectivity index (χ3n) is 4.13. The van der Waals surface area contributed by atoms with Crippen molar-refractivity contribution in [2.75, 3.05) is 0 Å². The fourth-order valence-electron chi connectivity index (χ4n) is 2.46. The van der Waals surface area contributed by atoms with Gasteiger partial charge in [-0.25, -0.2) is 0 Å². The van der Waals surface area contributed by atoms with E-state index in [4.69, 9.17) is 10.2 Å². The van der Waals surface area contributed by atoms with E-state index in [-0.39, 0.29) is 37.2 Å². The van der Waals surface area contributed by atoms with Gasteiger partial charge in [-0.3, -0.25) is 19.2 Å². The first-order valence-electron chi connectivity index (χ1n) is 8.32. The molecule has 144 valence electrons. The summed E-state index contributed by atoms with van der Waals surface area (Å²) >= 11 is 2.66. The minimum Gasteiger partial charge on any atom is -0.481 e. The summed E-state index contributed by atoms with van der Waals surface area (Å²) in [5, 5.41) is 17.4. The lowest BCUT2D eigenvalue weighted by Crippen LogP contribution is -2.15. The van der Waals surface area contributed by atoms with Crippen molar-refractivity contribution in [3.8, 4) is 0 Å². The molecule has 0 aliphatic carbocycles. The molecule has 0 bridgehead atoms. The summed E-state index contributed by atoms with van der Waals surface area (Å²) in [6, 6.07) is 7.12. The Bertz CT molecular complexity index is 804. The van der Waals surface area contributed by atoms with Crippen molar-refractivity contribution in [2.45, 2.75) is 44.9 Å². The van der Waals surface area contributed by atoms with E-state index in [1.54, 1.807) is 12.1 Å². The molecular formula is C19H20O6S2. The van der Waals surface area contributed by atoms with Crippen molar-refractivity contribution < 1.29 is 29.4 Å². The predicted molar refractivity (Wildman–Crippen MR) is 103 cm³/mol. The van der Waals surface area contributed by atoms with Crippen LogP contribution in [-0.4, -0.2) is 33.7 Å². The second-order valence-electron chi connectivity index (χ2n) is 6.59. The van der Waals surface area contributed by atoms with E-state index in [0.29, 0.717) is 9.75 Å². The normalized spacial score (nSPS) is 11.3. The number of rotatable bonds is 10. The third kappa shape index (κ3) is 5.33. The molecule has 0 atom stereocenters.